The van der Waals surface area contributed by atoms with Gasteiger partial charge in [0.25, 0.3) is 0 Å². The van der Waals surface area contributed by atoms with Gasteiger partial charge in [-0.05, 0) is 18.4 Å². The standard InChI is InChI=1S/C15H19NO3/c1-15(8-5-9-15)14(19)16-10-12(13(17)18)11-6-3-2-4-7-11/h2-4,6-7,12H,5,8-10H2,1H3,(H,16,19)(H,17,18). The zero-order valence-corrected chi connectivity index (χ0v) is 11.1. The number of carbonyl (C=O) groups excluding carboxylic acids is 1. The Bertz CT molecular complexity index is 466. The zero-order chi connectivity index (χ0) is 13.9. The molecule has 102 valence electrons. The number of nitrogens with one attached hydrogen (secondary N) is 1. The molecule has 0 radical (unpaired) electrons. The Hall–Kier alpha value is -1.84. The number of hydrogen-bond donors (Lipinski definition) is 2. The molecule has 0 saturated heterocycles. The molecule has 0 heterocycles. The van der Waals surface area contributed by atoms with Crippen molar-refractivity contribution in [2.24, 2.45) is 5.41 Å². The predicted octanol–water partition coefficient (Wildman–Crippen LogP) is 2.16. The summed E-state index contributed by atoms with van der Waals surface area (Å²) in [7, 11) is 0. The van der Waals surface area contributed by atoms with Crippen LogP contribution < -0.4 is 5.32 Å². The number of carboxylic acids is 1. The van der Waals surface area contributed by atoms with Crippen molar-refractivity contribution in [3.05, 3.63) is 35.9 Å². The van der Waals surface area contributed by atoms with Gasteiger partial charge in [0.2, 0.25) is 5.91 Å². The third kappa shape index (κ3) is 2.95. The molecule has 19 heavy (non-hydrogen) atoms. The zero-order valence-electron chi connectivity index (χ0n) is 11.1. The summed E-state index contributed by atoms with van der Waals surface area (Å²) in [5, 5.41) is 12.0. The van der Waals surface area contributed by atoms with Crippen LogP contribution in [0.2, 0.25) is 0 Å². The molecule has 1 amide bonds. The number of carboxylic acid groups (broad SMARTS) is 1. The van der Waals surface area contributed by atoms with E-state index in [1.807, 2.05) is 13.0 Å². The molecule has 2 rings (SSSR count). The number of carbonyl (C=O) groups is 2. The van der Waals surface area contributed by atoms with Gasteiger partial charge in [-0.2, -0.15) is 0 Å². The largest absolute Gasteiger partial charge is 0.481 e. The van der Waals surface area contributed by atoms with Gasteiger partial charge in [0, 0.05) is 12.0 Å². The molecule has 1 unspecified atom stereocenters. The van der Waals surface area contributed by atoms with Gasteiger partial charge in [0.15, 0.2) is 0 Å². The molecule has 4 heteroatoms. The third-order valence-corrected chi connectivity index (χ3v) is 3.97. The van der Waals surface area contributed by atoms with Gasteiger partial charge < -0.3 is 10.4 Å². The molecule has 1 aliphatic rings. The molecule has 1 fully saturated rings. The smallest absolute Gasteiger partial charge is 0.312 e. The summed E-state index contributed by atoms with van der Waals surface area (Å²) in [5.74, 6) is -1.62. The Morgan fingerprint density at radius 2 is 1.95 bits per heavy atom. The maximum atomic E-state index is 12.0. The first-order valence-corrected chi connectivity index (χ1v) is 6.59. The highest BCUT2D eigenvalue weighted by Gasteiger charge is 2.39. The molecule has 0 aromatic heterocycles. The number of aliphatic carboxylic acids is 1. The molecule has 1 aromatic carbocycles. The van der Waals surface area contributed by atoms with E-state index in [4.69, 9.17) is 0 Å². The first-order chi connectivity index (χ1) is 9.03. The highest BCUT2D eigenvalue weighted by atomic mass is 16.4. The summed E-state index contributed by atoms with van der Waals surface area (Å²) in [5.41, 5.74) is 0.425. The van der Waals surface area contributed by atoms with E-state index in [2.05, 4.69) is 5.32 Å². The first kappa shape index (κ1) is 13.6. The Labute approximate surface area is 112 Å². The lowest BCUT2D eigenvalue weighted by atomic mass is 9.70. The van der Waals surface area contributed by atoms with E-state index in [0.29, 0.717) is 5.56 Å². The van der Waals surface area contributed by atoms with Crippen LogP contribution in [0, 0.1) is 5.41 Å². The highest BCUT2D eigenvalue weighted by Crippen LogP contribution is 2.40. The summed E-state index contributed by atoms with van der Waals surface area (Å²) >= 11 is 0. The summed E-state index contributed by atoms with van der Waals surface area (Å²) < 4.78 is 0. The molecule has 1 aliphatic carbocycles. The predicted molar refractivity (Wildman–Crippen MR) is 71.8 cm³/mol. The van der Waals surface area contributed by atoms with Crippen molar-refractivity contribution >= 4 is 11.9 Å². The highest BCUT2D eigenvalue weighted by molar-refractivity contribution is 5.84. The molecule has 2 N–H and O–H groups in total. The SMILES string of the molecule is CC1(C(=O)NCC(C(=O)O)c2ccccc2)CCC1. The molecule has 4 nitrogen and oxygen atoms in total. The summed E-state index contributed by atoms with van der Waals surface area (Å²) in [4.78, 5) is 23.3. The summed E-state index contributed by atoms with van der Waals surface area (Å²) in [6.07, 6.45) is 2.86. The van der Waals surface area contributed by atoms with Crippen molar-refractivity contribution in [1.29, 1.82) is 0 Å². The van der Waals surface area contributed by atoms with E-state index in [1.54, 1.807) is 24.3 Å². The molecule has 1 saturated carbocycles. The molecule has 1 aromatic rings. The Morgan fingerprint density at radius 1 is 1.32 bits per heavy atom. The number of amides is 1. The fourth-order valence-electron chi connectivity index (χ4n) is 2.38. The topological polar surface area (TPSA) is 66.4 Å². The summed E-state index contributed by atoms with van der Waals surface area (Å²) in [6.45, 7) is 2.08. The van der Waals surface area contributed by atoms with Crippen molar-refractivity contribution in [2.45, 2.75) is 32.1 Å². The van der Waals surface area contributed by atoms with Gasteiger partial charge in [-0.15, -0.1) is 0 Å². The average Bonchev–Trinajstić information content (AvgIpc) is 2.36. The third-order valence-electron chi connectivity index (χ3n) is 3.97. The van der Waals surface area contributed by atoms with Crippen LogP contribution in [-0.2, 0) is 9.59 Å². The maximum Gasteiger partial charge on any atom is 0.312 e. The lowest BCUT2D eigenvalue weighted by Gasteiger charge is -2.36. The second kappa shape index (κ2) is 5.43. The van der Waals surface area contributed by atoms with Crippen LogP contribution in [0.1, 0.15) is 37.7 Å². The van der Waals surface area contributed by atoms with Crippen LogP contribution >= 0.6 is 0 Å². The van der Waals surface area contributed by atoms with E-state index in [0.717, 1.165) is 19.3 Å². The Morgan fingerprint density at radius 3 is 2.42 bits per heavy atom. The van der Waals surface area contributed by atoms with Crippen molar-refractivity contribution in [2.75, 3.05) is 6.54 Å². The Balaban J connectivity index is 1.99. The van der Waals surface area contributed by atoms with Crippen LogP contribution in [-0.4, -0.2) is 23.5 Å². The van der Waals surface area contributed by atoms with Crippen molar-refractivity contribution in [3.63, 3.8) is 0 Å². The minimum Gasteiger partial charge on any atom is -0.481 e. The van der Waals surface area contributed by atoms with Gasteiger partial charge in [-0.1, -0.05) is 43.7 Å². The number of rotatable bonds is 5. The van der Waals surface area contributed by atoms with Crippen LogP contribution in [0.5, 0.6) is 0 Å². The number of benzene rings is 1. The van der Waals surface area contributed by atoms with Crippen LogP contribution in [0.3, 0.4) is 0 Å². The summed E-state index contributed by atoms with van der Waals surface area (Å²) in [6, 6.07) is 9.00. The van der Waals surface area contributed by atoms with Crippen LogP contribution in [0.4, 0.5) is 0 Å². The van der Waals surface area contributed by atoms with Crippen molar-refractivity contribution < 1.29 is 14.7 Å². The van der Waals surface area contributed by atoms with Gasteiger partial charge >= 0.3 is 5.97 Å². The van der Waals surface area contributed by atoms with E-state index in [1.165, 1.54) is 0 Å². The van der Waals surface area contributed by atoms with Crippen molar-refractivity contribution in [3.8, 4) is 0 Å². The fraction of sp³-hybridized carbons (Fsp3) is 0.467. The van der Waals surface area contributed by atoms with Gasteiger partial charge in [-0.3, -0.25) is 9.59 Å². The lowest BCUT2D eigenvalue weighted by molar-refractivity contribution is -0.139. The number of hydrogen-bond acceptors (Lipinski definition) is 2. The maximum absolute atomic E-state index is 12.0. The quantitative estimate of drug-likeness (QED) is 0.853. The first-order valence-electron chi connectivity index (χ1n) is 6.59. The molecular formula is C15H19NO3. The second-order valence-electron chi connectivity index (χ2n) is 5.43. The molecule has 1 atom stereocenters. The average molecular weight is 261 g/mol. The van der Waals surface area contributed by atoms with E-state index in [-0.39, 0.29) is 17.9 Å². The Kier molecular flexibility index (Phi) is 3.88. The normalized spacial score (nSPS) is 18.2. The lowest BCUT2D eigenvalue weighted by Crippen LogP contribution is -2.45. The van der Waals surface area contributed by atoms with Crippen molar-refractivity contribution in [1.82, 2.24) is 5.32 Å². The van der Waals surface area contributed by atoms with Crippen LogP contribution in [0.25, 0.3) is 0 Å². The second-order valence-corrected chi connectivity index (χ2v) is 5.43. The van der Waals surface area contributed by atoms with Gasteiger partial charge in [0.05, 0.1) is 5.92 Å². The molecule has 0 aliphatic heterocycles. The van der Waals surface area contributed by atoms with E-state index >= 15 is 0 Å². The molecule has 0 bridgehead atoms. The minimum absolute atomic E-state index is 0.0269. The monoisotopic (exact) mass is 261 g/mol. The van der Waals surface area contributed by atoms with Crippen LogP contribution in [0.15, 0.2) is 30.3 Å². The van der Waals surface area contributed by atoms with E-state index < -0.39 is 11.9 Å². The fourth-order valence-corrected chi connectivity index (χ4v) is 2.38. The van der Waals surface area contributed by atoms with Gasteiger partial charge in [0.1, 0.15) is 0 Å². The van der Waals surface area contributed by atoms with Gasteiger partial charge in [-0.25, -0.2) is 0 Å². The minimum atomic E-state index is -0.912. The molecule has 0 spiro atoms. The molecular weight excluding hydrogens is 242 g/mol. The van der Waals surface area contributed by atoms with E-state index in [9.17, 15) is 14.7 Å².